The summed E-state index contributed by atoms with van der Waals surface area (Å²) >= 11 is 0. The highest BCUT2D eigenvalue weighted by molar-refractivity contribution is 7.89. The number of nitrogens with one attached hydrogen (secondary N) is 2. The van der Waals surface area contributed by atoms with Gasteiger partial charge in [0.25, 0.3) is 0 Å². The molecular weight excluding hydrogens is 382 g/mol. The minimum absolute atomic E-state index is 0.109. The maximum atomic E-state index is 12.3. The molecule has 10 heteroatoms. The van der Waals surface area contributed by atoms with Gasteiger partial charge in [0.05, 0.1) is 18.1 Å². The summed E-state index contributed by atoms with van der Waals surface area (Å²) in [6.07, 6.45) is 1.48. The van der Waals surface area contributed by atoms with Gasteiger partial charge in [-0.05, 0) is 19.1 Å². The van der Waals surface area contributed by atoms with Crippen molar-refractivity contribution in [2.75, 3.05) is 49.6 Å². The van der Waals surface area contributed by atoms with E-state index in [4.69, 9.17) is 4.74 Å². The molecule has 1 aromatic heterocycles. The van der Waals surface area contributed by atoms with E-state index in [1.807, 2.05) is 6.07 Å². The van der Waals surface area contributed by atoms with Gasteiger partial charge in [-0.2, -0.15) is 0 Å². The number of benzene rings is 1. The minimum Gasteiger partial charge on any atom is -0.378 e. The highest BCUT2D eigenvalue weighted by atomic mass is 32.2. The number of morpholine rings is 1. The van der Waals surface area contributed by atoms with Crippen LogP contribution in [0.1, 0.15) is 17.3 Å². The van der Waals surface area contributed by atoms with Gasteiger partial charge in [0.2, 0.25) is 10.0 Å². The van der Waals surface area contributed by atoms with Gasteiger partial charge in [0.1, 0.15) is 18.0 Å². The lowest BCUT2D eigenvalue weighted by Crippen LogP contribution is -2.36. The van der Waals surface area contributed by atoms with Gasteiger partial charge in [0, 0.05) is 37.8 Å². The number of sulfonamides is 1. The van der Waals surface area contributed by atoms with Crippen molar-refractivity contribution in [3.05, 3.63) is 42.2 Å². The SMILES string of the molecule is CC(=O)c1ccc(S(=O)(=O)NCCNc2cc(N3CCOCC3)ncn2)cc1. The molecular formula is C18H23N5O4S. The van der Waals surface area contributed by atoms with Crippen LogP contribution in [0.4, 0.5) is 11.6 Å². The van der Waals surface area contributed by atoms with Crippen molar-refractivity contribution >= 4 is 27.4 Å². The van der Waals surface area contributed by atoms with E-state index in [-0.39, 0.29) is 17.2 Å². The van der Waals surface area contributed by atoms with Crippen LogP contribution in [0.5, 0.6) is 0 Å². The first-order valence-corrected chi connectivity index (χ1v) is 10.4. The largest absolute Gasteiger partial charge is 0.378 e. The third-order valence-electron chi connectivity index (χ3n) is 4.28. The summed E-state index contributed by atoms with van der Waals surface area (Å²) in [5.74, 6) is 1.33. The van der Waals surface area contributed by atoms with Crippen molar-refractivity contribution in [2.24, 2.45) is 0 Å². The average molecular weight is 405 g/mol. The van der Waals surface area contributed by atoms with Crippen LogP contribution in [0.2, 0.25) is 0 Å². The zero-order valence-electron chi connectivity index (χ0n) is 15.6. The summed E-state index contributed by atoms with van der Waals surface area (Å²) in [5, 5.41) is 3.09. The molecule has 1 aliphatic heterocycles. The van der Waals surface area contributed by atoms with E-state index in [1.165, 1.54) is 37.5 Å². The second-order valence-corrected chi connectivity index (χ2v) is 8.03. The molecule has 0 unspecified atom stereocenters. The number of nitrogens with zero attached hydrogens (tertiary/aromatic N) is 3. The summed E-state index contributed by atoms with van der Waals surface area (Å²) in [6.45, 7) is 4.88. The van der Waals surface area contributed by atoms with Gasteiger partial charge in [-0.1, -0.05) is 12.1 Å². The molecule has 1 saturated heterocycles. The fourth-order valence-electron chi connectivity index (χ4n) is 2.74. The first kappa shape index (κ1) is 20.2. The number of anilines is 2. The smallest absolute Gasteiger partial charge is 0.240 e. The molecule has 2 heterocycles. The van der Waals surface area contributed by atoms with Crippen molar-refractivity contribution in [1.29, 1.82) is 0 Å². The van der Waals surface area contributed by atoms with Crippen LogP contribution in [0.15, 0.2) is 41.6 Å². The number of carbonyl (C=O) groups excluding carboxylic acids is 1. The Morgan fingerprint density at radius 3 is 2.54 bits per heavy atom. The summed E-state index contributed by atoms with van der Waals surface area (Å²) in [6, 6.07) is 7.68. The van der Waals surface area contributed by atoms with Gasteiger partial charge in [-0.25, -0.2) is 23.1 Å². The Bertz CT molecular complexity index is 912. The summed E-state index contributed by atoms with van der Waals surface area (Å²) in [4.78, 5) is 22.0. The standard InChI is InChI=1S/C18H23N5O4S/c1-14(24)15-2-4-16(5-3-15)28(25,26)22-7-6-19-17-12-18(21-13-20-17)23-8-10-27-11-9-23/h2-5,12-13,22H,6-11H2,1H3,(H,19,20,21). The number of hydrogen-bond donors (Lipinski definition) is 2. The number of carbonyl (C=O) groups is 1. The topological polar surface area (TPSA) is 114 Å². The molecule has 1 aromatic carbocycles. The lowest BCUT2D eigenvalue weighted by molar-refractivity contribution is 0.101. The quantitative estimate of drug-likeness (QED) is 0.492. The average Bonchev–Trinajstić information content (AvgIpc) is 2.72. The molecule has 150 valence electrons. The molecule has 0 aliphatic carbocycles. The highest BCUT2D eigenvalue weighted by Gasteiger charge is 2.15. The fraction of sp³-hybridized carbons (Fsp3) is 0.389. The van der Waals surface area contributed by atoms with Crippen molar-refractivity contribution < 1.29 is 17.9 Å². The Hall–Kier alpha value is -2.56. The monoisotopic (exact) mass is 405 g/mol. The van der Waals surface area contributed by atoms with Crippen molar-refractivity contribution in [3.8, 4) is 0 Å². The first-order valence-electron chi connectivity index (χ1n) is 8.95. The van der Waals surface area contributed by atoms with Crippen LogP contribution in [-0.4, -0.2) is 63.6 Å². The van der Waals surface area contributed by atoms with Crippen LogP contribution in [0.3, 0.4) is 0 Å². The van der Waals surface area contributed by atoms with Gasteiger partial charge < -0.3 is 15.0 Å². The van der Waals surface area contributed by atoms with Crippen LogP contribution in [0, 0.1) is 0 Å². The normalized spacial score (nSPS) is 14.7. The molecule has 1 aliphatic rings. The molecule has 0 spiro atoms. The number of rotatable bonds is 8. The molecule has 9 nitrogen and oxygen atoms in total. The molecule has 0 atom stereocenters. The van der Waals surface area contributed by atoms with E-state index in [1.54, 1.807) is 0 Å². The van der Waals surface area contributed by atoms with Gasteiger partial charge >= 0.3 is 0 Å². The Kier molecular flexibility index (Phi) is 6.55. The lowest BCUT2D eigenvalue weighted by Gasteiger charge is -2.27. The van der Waals surface area contributed by atoms with Crippen LogP contribution >= 0.6 is 0 Å². The summed E-state index contributed by atoms with van der Waals surface area (Å²) in [7, 11) is -3.64. The van der Waals surface area contributed by atoms with E-state index >= 15 is 0 Å². The summed E-state index contributed by atoms with van der Waals surface area (Å²) in [5.41, 5.74) is 0.473. The summed E-state index contributed by atoms with van der Waals surface area (Å²) < 4.78 is 32.5. The van der Waals surface area contributed by atoms with E-state index < -0.39 is 10.0 Å². The number of ether oxygens (including phenoxy) is 1. The van der Waals surface area contributed by atoms with Crippen molar-refractivity contribution in [1.82, 2.24) is 14.7 Å². The van der Waals surface area contributed by atoms with E-state index in [9.17, 15) is 13.2 Å². The lowest BCUT2D eigenvalue weighted by atomic mass is 10.2. The van der Waals surface area contributed by atoms with Crippen molar-refractivity contribution in [3.63, 3.8) is 0 Å². The molecule has 0 saturated carbocycles. The number of hydrogen-bond acceptors (Lipinski definition) is 8. The Labute approximate surface area is 164 Å². The number of ketones is 1. The highest BCUT2D eigenvalue weighted by Crippen LogP contribution is 2.15. The third-order valence-corrected chi connectivity index (χ3v) is 5.76. The molecule has 0 bridgehead atoms. The molecule has 28 heavy (non-hydrogen) atoms. The van der Waals surface area contributed by atoms with E-state index in [0.29, 0.717) is 31.1 Å². The minimum atomic E-state index is -3.64. The maximum absolute atomic E-state index is 12.3. The number of aromatic nitrogens is 2. The predicted octanol–water partition coefficient (Wildman–Crippen LogP) is 0.906. The molecule has 0 radical (unpaired) electrons. The molecule has 3 rings (SSSR count). The zero-order valence-corrected chi connectivity index (χ0v) is 16.4. The van der Waals surface area contributed by atoms with E-state index in [0.717, 1.165) is 18.9 Å². The van der Waals surface area contributed by atoms with Crippen LogP contribution < -0.4 is 14.9 Å². The molecule has 0 amide bonds. The van der Waals surface area contributed by atoms with Crippen molar-refractivity contribution in [2.45, 2.75) is 11.8 Å². The fourth-order valence-corrected chi connectivity index (χ4v) is 3.77. The number of Topliss-reactive ketones (excluding diaryl/α,β-unsaturated/α-hetero) is 1. The molecule has 2 aromatic rings. The van der Waals surface area contributed by atoms with Gasteiger partial charge in [-0.15, -0.1) is 0 Å². The maximum Gasteiger partial charge on any atom is 0.240 e. The third kappa shape index (κ3) is 5.24. The molecule has 2 N–H and O–H groups in total. The predicted molar refractivity (Wildman–Crippen MR) is 105 cm³/mol. The second kappa shape index (κ2) is 9.09. The molecule has 1 fully saturated rings. The van der Waals surface area contributed by atoms with Crippen LogP contribution in [-0.2, 0) is 14.8 Å². The van der Waals surface area contributed by atoms with Gasteiger partial charge in [0.15, 0.2) is 5.78 Å². The van der Waals surface area contributed by atoms with Gasteiger partial charge in [-0.3, -0.25) is 4.79 Å². The van der Waals surface area contributed by atoms with Crippen LogP contribution in [0.25, 0.3) is 0 Å². The second-order valence-electron chi connectivity index (χ2n) is 6.27. The van der Waals surface area contributed by atoms with E-state index in [2.05, 4.69) is 24.9 Å². The zero-order chi connectivity index (χ0) is 20.0. The Morgan fingerprint density at radius 2 is 1.86 bits per heavy atom. The Morgan fingerprint density at radius 1 is 1.14 bits per heavy atom. The first-order chi connectivity index (χ1) is 13.5. The Balaban J connectivity index is 1.51.